The molecular formula is C26H29IN2O6. The first-order chi connectivity index (χ1) is 16.4. The maximum absolute atomic E-state index is 13.0. The summed E-state index contributed by atoms with van der Waals surface area (Å²) in [4.78, 5) is 49.2. The van der Waals surface area contributed by atoms with E-state index in [9.17, 15) is 29.4 Å². The number of hydrogen-bond acceptors (Lipinski definition) is 4. The highest BCUT2D eigenvalue weighted by Gasteiger charge is 2.58. The molecule has 1 saturated carbocycles. The number of hydrogen-bond donors (Lipinski definition) is 4. The van der Waals surface area contributed by atoms with Gasteiger partial charge in [-0.1, -0.05) is 38.1 Å². The van der Waals surface area contributed by atoms with Crippen LogP contribution in [0.4, 0.5) is 5.69 Å². The van der Waals surface area contributed by atoms with Gasteiger partial charge in [0.15, 0.2) is 0 Å². The smallest absolute Gasteiger partial charge is 0.326 e. The molecule has 0 radical (unpaired) electrons. The number of carboxylic acids is 2. The fraction of sp³-hybridized carbons (Fsp3) is 0.385. The zero-order valence-electron chi connectivity index (χ0n) is 19.8. The van der Waals surface area contributed by atoms with Crippen LogP contribution >= 0.6 is 22.6 Å². The number of carboxylic acid groups (broad SMARTS) is 2. The first-order valence-corrected chi connectivity index (χ1v) is 12.4. The Labute approximate surface area is 217 Å². The zero-order chi connectivity index (χ0) is 26.0. The monoisotopic (exact) mass is 592 g/mol. The van der Waals surface area contributed by atoms with E-state index in [0.717, 1.165) is 3.57 Å². The highest BCUT2D eigenvalue weighted by atomic mass is 127. The summed E-state index contributed by atoms with van der Waals surface area (Å²) in [5.41, 5.74) is -0.102. The van der Waals surface area contributed by atoms with Gasteiger partial charge in [-0.05, 0) is 77.6 Å². The minimum Gasteiger partial charge on any atom is -0.481 e. The molecule has 1 aliphatic rings. The highest BCUT2D eigenvalue weighted by Crippen LogP contribution is 2.56. The highest BCUT2D eigenvalue weighted by molar-refractivity contribution is 14.1. The van der Waals surface area contributed by atoms with E-state index in [0.29, 0.717) is 29.7 Å². The number of halogens is 1. The van der Waals surface area contributed by atoms with Gasteiger partial charge in [-0.15, -0.1) is 0 Å². The van der Waals surface area contributed by atoms with E-state index >= 15 is 0 Å². The Morgan fingerprint density at radius 2 is 1.66 bits per heavy atom. The van der Waals surface area contributed by atoms with Gasteiger partial charge in [0.05, 0.1) is 11.0 Å². The minimum atomic E-state index is -1.17. The van der Waals surface area contributed by atoms with E-state index in [1.807, 2.05) is 12.1 Å². The second-order valence-corrected chi connectivity index (χ2v) is 10.8. The van der Waals surface area contributed by atoms with Crippen molar-refractivity contribution in [3.63, 3.8) is 0 Å². The Bertz CT molecular complexity index is 1150. The molecule has 1 fully saturated rings. The molecule has 2 amide bonds. The molecule has 2 aromatic rings. The Hall–Kier alpha value is -2.95. The van der Waals surface area contributed by atoms with Crippen LogP contribution in [0.25, 0.3) is 0 Å². The number of rotatable bonds is 8. The molecule has 0 aliphatic heterocycles. The van der Waals surface area contributed by atoms with Crippen LogP contribution < -0.4 is 10.6 Å². The van der Waals surface area contributed by atoms with Crippen molar-refractivity contribution in [2.45, 2.75) is 46.1 Å². The summed E-state index contributed by atoms with van der Waals surface area (Å²) in [6.45, 7) is 5.13. The SMILES string of the molecule is CC1(C)[C@@H](C(=O)N[C@@H](Cc2ccc(NC(=O)c3ccccc3I)cc2)C(=O)O)CC[C@@]1(C)C(=O)O. The summed E-state index contributed by atoms with van der Waals surface area (Å²) in [5.74, 6) is -3.43. The fourth-order valence-electron chi connectivity index (χ4n) is 4.62. The van der Waals surface area contributed by atoms with E-state index in [1.165, 1.54) is 0 Å². The summed E-state index contributed by atoms with van der Waals surface area (Å²) in [5, 5.41) is 24.8. The first-order valence-electron chi connectivity index (χ1n) is 11.3. The summed E-state index contributed by atoms with van der Waals surface area (Å²) in [6, 6.07) is 12.8. The number of benzene rings is 2. The van der Waals surface area contributed by atoms with Crippen LogP contribution in [0.5, 0.6) is 0 Å². The van der Waals surface area contributed by atoms with Gasteiger partial charge in [0.25, 0.3) is 5.91 Å². The summed E-state index contributed by atoms with van der Waals surface area (Å²) in [6.07, 6.45) is 0.776. The Morgan fingerprint density at radius 1 is 1.03 bits per heavy atom. The summed E-state index contributed by atoms with van der Waals surface area (Å²) in [7, 11) is 0. The van der Waals surface area contributed by atoms with Crippen molar-refractivity contribution >= 4 is 52.0 Å². The summed E-state index contributed by atoms with van der Waals surface area (Å²) < 4.78 is 0.827. The second-order valence-electron chi connectivity index (χ2n) is 9.68. The third-order valence-corrected chi connectivity index (χ3v) is 8.34. The molecule has 3 rings (SSSR count). The first kappa shape index (κ1) is 26.7. The molecule has 1 aliphatic carbocycles. The van der Waals surface area contributed by atoms with Crippen molar-refractivity contribution in [3.8, 4) is 0 Å². The molecular weight excluding hydrogens is 563 g/mol. The molecule has 186 valence electrons. The lowest BCUT2D eigenvalue weighted by Crippen LogP contribution is -2.49. The lowest BCUT2D eigenvalue weighted by molar-refractivity contribution is -0.155. The van der Waals surface area contributed by atoms with Gasteiger partial charge in [-0.25, -0.2) is 4.79 Å². The molecule has 3 atom stereocenters. The average Bonchev–Trinajstić information content (AvgIpc) is 3.04. The van der Waals surface area contributed by atoms with Crippen LogP contribution in [0.2, 0.25) is 0 Å². The van der Waals surface area contributed by atoms with Crippen LogP contribution in [0.3, 0.4) is 0 Å². The van der Waals surface area contributed by atoms with E-state index in [-0.39, 0.29) is 12.3 Å². The van der Waals surface area contributed by atoms with Gasteiger partial charge in [0, 0.05) is 21.6 Å². The molecule has 8 nitrogen and oxygen atoms in total. The Morgan fingerprint density at radius 3 is 2.20 bits per heavy atom. The number of carbonyl (C=O) groups excluding carboxylic acids is 2. The molecule has 0 saturated heterocycles. The van der Waals surface area contributed by atoms with Crippen LogP contribution in [0.15, 0.2) is 48.5 Å². The molecule has 0 unspecified atom stereocenters. The van der Waals surface area contributed by atoms with Crippen molar-refractivity contribution in [2.24, 2.45) is 16.7 Å². The Kier molecular flexibility index (Phi) is 7.88. The van der Waals surface area contributed by atoms with Gasteiger partial charge in [-0.2, -0.15) is 0 Å². The molecule has 35 heavy (non-hydrogen) atoms. The lowest BCUT2D eigenvalue weighted by Gasteiger charge is -2.38. The van der Waals surface area contributed by atoms with E-state index in [1.54, 1.807) is 57.2 Å². The third kappa shape index (κ3) is 5.50. The van der Waals surface area contributed by atoms with Gasteiger partial charge >= 0.3 is 11.9 Å². The largest absolute Gasteiger partial charge is 0.481 e. The number of amides is 2. The molecule has 9 heteroatoms. The van der Waals surface area contributed by atoms with E-state index in [2.05, 4.69) is 33.2 Å². The lowest BCUT2D eigenvalue weighted by atomic mass is 9.65. The summed E-state index contributed by atoms with van der Waals surface area (Å²) >= 11 is 2.09. The van der Waals surface area contributed by atoms with Crippen molar-refractivity contribution in [2.75, 3.05) is 5.32 Å². The number of nitrogens with one attached hydrogen (secondary N) is 2. The quantitative estimate of drug-likeness (QED) is 0.340. The van der Waals surface area contributed by atoms with Gasteiger partial charge < -0.3 is 20.8 Å². The molecule has 0 heterocycles. The zero-order valence-corrected chi connectivity index (χ0v) is 22.0. The third-order valence-electron chi connectivity index (χ3n) is 7.40. The minimum absolute atomic E-state index is 0.0508. The fourth-order valence-corrected chi connectivity index (χ4v) is 5.25. The second kappa shape index (κ2) is 10.3. The molecule has 0 aromatic heterocycles. The molecule has 0 bridgehead atoms. The number of carbonyl (C=O) groups is 4. The van der Waals surface area contributed by atoms with Crippen molar-refractivity contribution in [1.29, 1.82) is 0 Å². The van der Waals surface area contributed by atoms with E-state index < -0.39 is 40.6 Å². The maximum Gasteiger partial charge on any atom is 0.326 e. The number of aliphatic carboxylic acids is 2. The molecule has 4 N–H and O–H groups in total. The van der Waals surface area contributed by atoms with Gasteiger partial charge in [-0.3, -0.25) is 14.4 Å². The standard InChI is InChI=1S/C26H29IN2O6/c1-25(2)18(12-13-26(25,3)24(34)35)22(31)29-20(23(32)33)14-15-8-10-16(11-9-15)28-21(30)17-6-4-5-7-19(17)27/h4-11,18,20H,12-14H2,1-3H3,(H,28,30)(H,29,31)(H,32,33)(H,34,35)/t18-,20+,26+/m1/s1. The van der Waals surface area contributed by atoms with Crippen LogP contribution in [0, 0.1) is 20.3 Å². The predicted molar refractivity (Wildman–Crippen MR) is 139 cm³/mol. The average molecular weight is 592 g/mol. The predicted octanol–water partition coefficient (Wildman–Crippen LogP) is 4.18. The van der Waals surface area contributed by atoms with Gasteiger partial charge in [0.2, 0.25) is 5.91 Å². The number of anilines is 1. The maximum atomic E-state index is 13.0. The van der Waals surface area contributed by atoms with Crippen molar-refractivity contribution in [3.05, 3.63) is 63.2 Å². The normalized spacial score (nSPS) is 21.7. The van der Waals surface area contributed by atoms with Crippen LogP contribution in [-0.2, 0) is 20.8 Å². The molecule has 0 spiro atoms. The van der Waals surface area contributed by atoms with Crippen molar-refractivity contribution in [1.82, 2.24) is 5.32 Å². The van der Waals surface area contributed by atoms with Gasteiger partial charge in [0.1, 0.15) is 6.04 Å². The van der Waals surface area contributed by atoms with Crippen molar-refractivity contribution < 1.29 is 29.4 Å². The van der Waals surface area contributed by atoms with Crippen LogP contribution in [-0.4, -0.2) is 40.0 Å². The van der Waals surface area contributed by atoms with Crippen LogP contribution in [0.1, 0.15) is 49.5 Å². The topological polar surface area (TPSA) is 133 Å². The molecule has 2 aromatic carbocycles. The van der Waals surface area contributed by atoms with E-state index in [4.69, 9.17) is 0 Å². The Balaban J connectivity index is 1.66.